The van der Waals surface area contributed by atoms with Gasteiger partial charge >= 0.3 is 0 Å². The van der Waals surface area contributed by atoms with Gasteiger partial charge in [0.05, 0.1) is 35.8 Å². The molecule has 0 bridgehead atoms. The average molecular weight is 477 g/mol. The molecule has 0 N–H and O–H groups in total. The van der Waals surface area contributed by atoms with E-state index in [-0.39, 0.29) is 6.04 Å². The molecule has 3 aromatic rings. The second kappa shape index (κ2) is 8.56. The Labute approximate surface area is 211 Å². The number of para-hydroxylation sites is 1. The molecular weight excluding hydrogens is 452 g/mol. The molecule has 2 unspecified atom stereocenters. The number of rotatable bonds is 2. The smallest absolute Gasteiger partial charge is 0.182 e. The van der Waals surface area contributed by atoms with E-state index < -0.39 is 17.4 Å². The normalized spacial score (nSPS) is 23.6. The van der Waals surface area contributed by atoms with Crippen molar-refractivity contribution >= 4 is 23.1 Å². The lowest BCUT2D eigenvalue weighted by Crippen LogP contribution is -2.35. The van der Waals surface area contributed by atoms with Crippen molar-refractivity contribution in [2.75, 3.05) is 4.90 Å². The fourth-order valence-electron chi connectivity index (χ4n) is 6.28. The summed E-state index contributed by atoms with van der Waals surface area (Å²) in [5.41, 5.74) is 3.68. The molecule has 0 spiro atoms. The first-order chi connectivity index (χ1) is 17.2. The van der Waals surface area contributed by atoms with Crippen LogP contribution in [0.2, 0.25) is 5.02 Å². The Hall–Kier alpha value is -3.60. The fraction of sp³-hybridized carbons (Fsp3) is 0.300. The molecule has 5 heteroatoms. The predicted octanol–water partition coefficient (Wildman–Crippen LogP) is 7.43. The van der Waals surface area contributed by atoms with E-state index in [1.54, 1.807) is 0 Å². The molecule has 2 heterocycles. The third-order valence-electron chi connectivity index (χ3n) is 7.80. The first kappa shape index (κ1) is 21.9. The zero-order valence-corrected chi connectivity index (χ0v) is 20.1. The largest absolute Gasteiger partial charge is 0.319 e. The Morgan fingerprint density at radius 1 is 0.857 bits per heavy atom. The van der Waals surface area contributed by atoms with E-state index in [1.807, 2.05) is 48.5 Å². The number of nitrogens with zero attached hydrogens (tertiary/aromatic N) is 4. The van der Waals surface area contributed by atoms with Gasteiger partial charge in [0.1, 0.15) is 5.84 Å². The summed E-state index contributed by atoms with van der Waals surface area (Å²) in [7, 11) is 0. The van der Waals surface area contributed by atoms with E-state index in [4.69, 9.17) is 16.6 Å². The van der Waals surface area contributed by atoms with Crippen LogP contribution in [0, 0.1) is 28.1 Å². The molecule has 0 amide bonds. The SMILES string of the molecule is N#CC1(C#N)C(c2cccc(Cl)c2)C(=NC2CCCCC2)N2c3ccccc3-c3ccccc3C21. The number of aliphatic imine (C=N–C) groups is 1. The van der Waals surface area contributed by atoms with Crippen molar-refractivity contribution in [1.29, 1.82) is 10.5 Å². The van der Waals surface area contributed by atoms with E-state index in [1.165, 1.54) is 6.42 Å². The maximum absolute atomic E-state index is 10.8. The van der Waals surface area contributed by atoms with Crippen molar-refractivity contribution in [2.24, 2.45) is 10.4 Å². The summed E-state index contributed by atoms with van der Waals surface area (Å²) >= 11 is 6.44. The van der Waals surface area contributed by atoms with Gasteiger partial charge in [0.15, 0.2) is 5.41 Å². The molecule has 35 heavy (non-hydrogen) atoms. The number of fused-ring (bicyclic) bond motifs is 6. The Kier molecular flexibility index (Phi) is 5.36. The second-order valence-electron chi connectivity index (χ2n) is 9.74. The third-order valence-corrected chi connectivity index (χ3v) is 8.04. The van der Waals surface area contributed by atoms with Crippen LogP contribution in [0.3, 0.4) is 0 Å². The highest BCUT2D eigenvalue weighted by Gasteiger charge is 2.62. The molecule has 1 saturated carbocycles. The predicted molar refractivity (Wildman–Crippen MR) is 139 cm³/mol. The minimum absolute atomic E-state index is 0.193. The lowest BCUT2D eigenvalue weighted by atomic mass is 9.69. The molecule has 1 saturated heterocycles. The van der Waals surface area contributed by atoms with Gasteiger partial charge in [-0.05, 0) is 47.7 Å². The van der Waals surface area contributed by atoms with Gasteiger partial charge < -0.3 is 4.90 Å². The van der Waals surface area contributed by atoms with Gasteiger partial charge in [-0.2, -0.15) is 10.5 Å². The summed E-state index contributed by atoms with van der Waals surface area (Å²) in [5.74, 6) is 0.302. The summed E-state index contributed by atoms with van der Waals surface area (Å²) in [6, 6.07) is 28.8. The molecule has 2 fully saturated rings. The maximum atomic E-state index is 10.8. The van der Waals surface area contributed by atoms with Gasteiger partial charge in [-0.15, -0.1) is 0 Å². The van der Waals surface area contributed by atoms with Gasteiger partial charge in [0.25, 0.3) is 0 Å². The number of hydrogen-bond acceptors (Lipinski definition) is 3. The molecule has 0 aromatic heterocycles. The lowest BCUT2D eigenvalue weighted by Gasteiger charge is -2.38. The van der Waals surface area contributed by atoms with Gasteiger partial charge in [-0.25, -0.2) is 0 Å². The summed E-state index contributed by atoms with van der Waals surface area (Å²) in [6.07, 6.45) is 5.63. The second-order valence-corrected chi connectivity index (χ2v) is 10.2. The number of anilines is 1. The quantitative estimate of drug-likeness (QED) is 0.386. The third kappa shape index (κ3) is 3.28. The van der Waals surface area contributed by atoms with Gasteiger partial charge in [0, 0.05) is 10.6 Å². The monoisotopic (exact) mass is 476 g/mol. The highest BCUT2D eigenvalue weighted by atomic mass is 35.5. The first-order valence-corrected chi connectivity index (χ1v) is 12.7. The van der Waals surface area contributed by atoms with Crippen molar-refractivity contribution in [1.82, 2.24) is 0 Å². The molecular formula is C30H25ClN4. The minimum Gasteiger partial charge on any atom is -0.319 e. The van der Waals surface area contributed by atoms with Crippen LogP contribution in [0.25, 0.3) is 11.1 Å². The number of amidine groups is 1. The lowest BCUT2D eigenvalue weighted by molar-refractivity contribution is 0.433. The Morgan fingerprint density at radius 3 is 2.31 bits per heavy atom. The van der Waals surface area contributed by atoms with Crippen LogP contribution in [0.5, 0.6) is 0 Å². The van der Waals surface area contributed by atoms with E-state index in [9.17, 15) is 10.5 Å². The number of halogens is 1. The Balaban J connectivity index is 1.68. The number of nitriles is 2. The molecule has 0 radical (unpaired) electrons. The van der Waals surface area contributed by atoms with Gasteiger partial charge in [0.2, 0.25) is 0 Å². The van der Waals surface area contributed by atoms with E-state index >= 15 is 0 Å². The molecule has 172 valence electrons. The van der Waals surface area contributed by atoms with Crippen LogP contribution in [0.15, 0.2) is 77.8 Å². The van der Waals surface area contributed by atoms with E-state index in [0.717, 1.165) is 59.5 Å². The topological polar surface area (TPSA) is 63.2 Å². The Bertz CT molecular complexity index is 1390. The summed E-state index contributed by atoms with van der Waals surface area (Å²) < 4.78 is 0. The summed E-state index contributed by atoms with van der Waals surface area (Å²) in [5, 5.41) is 22.1. The Morgan fingerprint density at radius 2 is 1.57 bits per heavy atom. The van der Waals surface area contributed by atoms with Crippen LogP contribution in [-0.4, -0.2) is 11.9 Å². The van der Waals surface area contributed by atoms with E-state index in [2.05, 4.69) is 41.3 Å². The van der Waals surface area contributed by atoms with Crippen molar-refractivity contribution in [2.45, 2.75) is 50.1 Å². The summed E-state index contributed by atoms with van der Waals surface area (Å²) in [6.45, 7) is 0. The zero-order chi connectivity index (χ0) is 24.0. The van der Waals surface area contributed by atoms with Crippen molar-refractivity contribution in [3.63, 3.8) is 0 Å². The maximum Gasteiger partial charge on any atom is 0.182 e. The molecule has 3 aromatic carbocycles. The highest BCUT2D eigenvalue weighted by Crippen LogP contribution is 2.61. The minimum atomic E-state index is -1.36. The molecule has 4 nitrogen and oxygen atoms in total. The fourth-order valence-corrected chi connectivity index (χ4v) is 6.48. The van der Waals surface area contributed by atoms with Crippen molar-refractivity contribution < 1.29 is 0 Å². The molecule has 2 aliphatic heterocycles. The van der Waals surface area contributed by atoms with Crippen LogP contribution in [0.4, 0.5) is 5.69 Å². The molecule has 3 aliphatic rings. The average Bonchev–Trinajstić information content (AvgIpc) is 3.20. The van der Waals surface area contributed by atoms with Crippen LogP contribution in [0.1, 0.15) is 55.2 Å². The molecule has 6 rings (SSSR count). The van der Waals surface area contributed by atoms with Gasteiger partial charge in [-0.3, -0.25) is 4.99 Å². The molecule has 1 aliphatic carbocycles. The van der Waals surface area contributed by atoms with Crippen molar-refractivity contribution in [3.8, 4) is 23.3 Å². The van der Waals surface area contributed by atoms with Crippen molar-refractivity contribution in [3.05, 3.63) is 88.9 Å². The number of benzene rings is 3. The molecule has 2 atom stereocenters. The highest BCUT2D eigenvalue weighted by molar-refractivity contribution is 6.30. The van der Waals surface area contributed by atoms with Crippen LogP contribution >= 0.6 is 11.6 Å². The van der Waals surface area contributed by atoms with Gasteiger partial charge in [-0.1, -0.05) is 85.5 Å². The zero-order valence-electron chi connectivity index (χ0n) is 19.4. The standard InChI is InChI=1S/C30H25ClN4/c31-21-10-8-9-20(17-21)27-29(34-22-11-2-1-3-12-22)35-26-16-7-6-14-24(26)23-13-4-5-15-25(23)28(35)30(27,18-32)19-33/h4-10,13-17,22,27-28H,1-3,11-12H2. The van der Waals surface area contributed by atoms with E-state index in [0.29, 0.717) is 5.02 Å². The number of hydrogen-bond donors (Lipinski definition) is 0. The van der Waals surface area contributed by atoms with Crippen LogP contribution in [-0.2, 0) is 0 Å². The summed E-state index contributed by atoms with van der Waals surface area (Å²) in [4.78, 5) is 7.57. The first-order valence-electron chi connectivity index (χ1n) is 12.3. The van der Waals surface area contributed by atoms with Crippen LogP contribution < -0.4 is 4.90 Å².